The van der Waals surface area contributed by atoms with Gasteiger partial charge in [-0.05, 0) is 54.8 Å². The Bertz CT molecular complexity index is 957. The maximum Gasteiger partial charge on any atom is 0.265 e. The Morgan fingerprint density at radius 3 is 2.39 bits per heavy atom. The van der Waals surface area contributed by atoms with E-state index in [2.05, 4.69) is 19.1 Å². The minimum absolute atomic E-state index is 0.0855. The predicted octanol–water partition coefficient (Wildman–Crippen LogP) is 5.33. The largest absolute Gasteiger partial charge is 0.493 e. The number of hydrogen-bond acceptors (Lipinski definition) is 6. The Balaban J connectivity index is 1.55. The summed E-state index contributed by atoms with van der Waals surface area (Å²) < 4.78 is 18.0. The third-order valence-electron chi connectivity index (χ3n) is 4.70. The summed E-state index contributed by atoms with van der Waals surface area (Å²) in [4.78, 5) is 14.3. The summed E-state index contributed by atoms with van der Waals surface area (Å²) in [6.07, 6.45) is 3.60. The number of rotatable bonds is 10. The van der Waals surface area contributed by atoms with Crippen molar-refractivity contribution < 1.29 is 19.0 Å². The summed E-state index contributed by atoms with van der Waals surface area (Å²) in [5.74, 6) is 2.11. The summed E-state index contributed by atoms with van der Waals surface area (Å²) in [7, 11) is 1.69. The lowest BCUT2D eigenvalue weighted by molar-refractivity contribution is -0.121. The number of carbonyl (C=O) groups excluding carboxylic acids is 1. The molecule has 0 saturated carbocycles. The molecule has 1 aliphatic heterocycles. The molecule has 7 heteroatoms. The molecule has 0 aromatic heterocycles. The molecule has 0 aliphatic carbocycles. The first kappa shape index (κ1) is 23.2. The number of amides is 1. The zero-order valence-corrected chi connectivity index (χ0v) is 19.7. The minimum Gasteiger partial charge on any atom is -0.493 e. The lowest BCUT2D eigenvalue weighted by atomic mass is 10.2. The van der Waals surface area contributed by atoms with E-state index in [-0.39, 0.29) is 5.91 Å². The van der Waals surface area contributed by atoms with Crippen molar-refractivity contribution in [3.8, 4) is 17.2 Å². The number of hydrogen-bond donors (Lipinski definition) is 0. The number of carbonyl (C=O) groups is 1. The summed E-state index contributed by atoms with van der Waals surface area (Å²) in [6, 6.07) is 13.8. The van der Waals surface area contributed by atoms with Crippen LogP contribution in [0.4, 0.5) is 0 Å². The molecule has 0 N–H and O–H groups in total. The summed E-state index contributed by atoms with van der Waals surface area (Å²) in [5.41, 5.74) is 2.16. The van der Waals surface area contributed by atoms with Gasteiger partial charge in [-0.3, -0.25) is 9.69 Å². The molecule has 31 heavy (non-hydrogen) atoms. The molecular weight excluding hydrogens is 430 g/mol. The van der Waals surface area contributed by atoms with Crippen LogP contribution in [-0.4, -0.2) is 42.0 Å². The topological polar surface area (TPSA) is 48.0 Å². The van der Waals surface area contributed by atoms with E-state index in [4.69, 9.17) is 26.4 Å². The molecule has 0 bridgehead atoms. The van der Waals surface area contributed by atoms with Gasteiger partial charge in [-0.1, -0.05) is 49.1 Å². The number of benzene rings is 2. The molecule has 2 aromatic rings. The molecule has 5 nitrogen and oxygen atoms in total. The van der Waals surface area contributed by atoms with Gasteiger partial charge >= 0.3 is 0 Å². The van der Waals surface area contributed by atoms with Crippen LogP contribution in [0.1, 0.15) is 31.4 Å². The van der Waals surface area contributed by atoms with Gasteiger partial charge in [-0.2, -0.15) is 0 Å². The fraction of sp³-hybridized carbons (Fsp3) is 0.333. The molecule has 2 aromatic carbocycles. The quantitative estimate of drug-likeness (QED) is 0.273. The van der Waals surface area contributed by atoms with Crippen molar-refractivity contribution in [2.24, 2.45) is 0 Å². The van der Waals surface area contributed by atoms with E-state index in [9.17, 15) is 4.79 Å². The summed E-state index contributed by atoms with van der Waals surface area (Å²) in [5, 5.41) is 0. The third kappa shape index (κ3) is 6.24. The summed E-state index contributed by atoms with van der Waals surface area (Å²) >= 11 is 6.49. The van der Waals surface area contributed by atoms with Crippen LogP contribution < -0.4 is 14.2 Å². The van der Waals surface area contributed by atoms with Crippen LogP contribution in [0.15, 0.2) is 47.4 Å². The first-order valence-corrected chi connectivity index (χ1v) is 11.6. The monoisotopic (exact) mass is 457 g/mol. The summed E-state index contributed by atoms with van der Waals surface area (Å²) in [6.45, 7) is 5.67. The molecule has 1 fully saturated rings. The number of ether oxygens (including phenoxy) is 3. The van der Waals surface area contributed by atoms with E-state index in [1.807, 2.05) is 43.3 Å². The molecule has 1 amide bonds. The second-order valence-corrected chi connectivity index (χ2v) is 8.60. The van der Waals surface area contributed by atoms with Crippen LogP contribution in [0.25, 0.3) is 6.08 Å². The van der Waals surface area contributed by atoms with Gasteiger partial charge in [0.1, 0.15) is 10.1 Å². The highest BCUT2D eigenvalue weighted by Crippen LogP contribution is 2.34. The molecule has 1 saturated heterocycles. The van der Waals surface area contributed by atoms with Crippen molar-refractivity contribution in [3.05, 3.63) is 58.5 Å². The van der Waals surface area contributed by atoms with Gasteiger partial charge in [0.15, 0.2) is 11.5 Å². The molecular formula is C24H27NO4S2. The molecule has 1 aliphatic rings. The number of thioether (sulfide) groups is 1. The Labute approximate surface area is 193 Å². The van der Waals surface area contributed by atoms with E-state index in [1.165, 1.54) is 22.2 Å². The van der Waals surface area contributed by atoms with Crippen LogP contribution in [0.5, 0.6) is 17.2 Å². The average molecular weight is 458 g/mol. The second kappa shape index (κ2) is 11.2. The standard InChI is InChI=1S/C24H27NO4S2/c1-4-17-7-10-19(11-8-17)28-13-6-14-29-20-12-9-18(15-21(20)27-5-2)16-22-23(26)25(3)24(30)31-22/h7-12,15-16H,4-6,13-14H2,1-3H3. The van der Waals surface area contributed by atoms with Crippen LogP contribution >= 0.6 is 24.0 Å². The molecule has 0 spiro atoms. The van der Waals surface area contributed by atoms with Crippen molar-refractivity contribution in [1.82, 2.24) is 4.90 Å². The Kier molecular flexibility index (Phi) is 8.37. The highest BCUT2D eigenvalue weighted by atomic mass is 32.2. The second-order valence-electron chi connectivity index (χ2n) is 6.93. The van der Waals surface area contributed by atoms with Crippen LogP contribution in [0, 0.1) is 0 Å². The van der Waals surface area contributed by atoms with E-state index in [1.54, 1.807) is 7.05 Å². The Morgan fingerprint density at radius 2 is 1.74 bits per heavy atom. The van der Waals surface area contributed by atoms with Gasteiger partial charge in [0.05, 0.1) is 24.7 Å². The van der Waals surface area contributed by atoms with Gasteiger partial charge in [-0.25, -0.2) is 0 Å². The van der Waals surface area contributed by atoms with Gasteiger partial charge in [-0.15, -0.1) is 0 Å². The van der Waals surface area contributed by atoms with Gasteiger partial charge < -0.3 is 14.2 Å². The lowest BCUT2D eigenvalue weighted by Gasteiger charge is -2.13. The predicted molar refractivity (Wildman–Crippen MR) is 130 cm³/mol. The van der Waals surface area contributed by atoms with Gasteiger partial charge in [0, 0.05) is 13.5 Å². The van der Waals surface area contributed by atoms with Gasteiger partial charge in [0.25, 0.3) is 5.91 Å². The average Bonchev–Trinajstić information content (AvgIpc) is 3.02. The van der Waals surface area contributed by atoms with Crippen LogP contribution in [0.3, 0.4) is 0 Å². The zero-order chi connectivity index (χ0) is 22.2. The molecule has 0 atom stereocenters. The fourth-order valence-electron chi connectivity index (χ4n) is 2.95. The van der Waals surface area contributed by atoms with E-state index in [0.717, 1.165) is 24.2 Å². The first-order chi connectivity index (χ1) is 15.0. The zero-order valence-electron chi connectivity index (χ0n) is 18.1. The third-order valence-corrected chi connectivity index (χ3v) is 6.18. The van der Waals surface area contributed by atoms with Crippen LogP contribution in [-0.2, 0) is 11.2 Å². The minimum atomic E-state index is -0.0855. The highest BCUT2D eigenvalue weighted by Gasteiger charge is 2.28. The van der Waals surface area contributed by atoms with Crippen molar-refractivity contribution >= 4 is 40.3 Å². The number of nitrogens with zero attached hydrogens (tertiary/aromatic N) is 1. The van der Waals surface area contributed by atoms with Crippen molar-refractivity contribution in [2.75, 3.05) is 26.9 Å². The SMILES string of the molecule is CCOc1cc(C=C2SC(=S)N(C)C2=O)ccc1OCCCOc1ccc(CC)cc1. The Morgan fingerprint density at radius 1 is 1.00 bits per heavy atom. The van der Waals surface area contributed by atoms with E-state index < -0.39 is 0 Å². The number of aryl methyl sites for hydroxylation is 1. The highest BCUT2D eigenvalue weighted by molar-refractivity contribution is 8.26. The maximum absolute atomic E-state index is 12.2. The number of likely N-dealkylation sites (N-methyl/N-ethyl adjacent to an activating group) is 1. The molecule has 0 radical (unpaired) electrons. The smallest absolute Gasteiger partial charge is 0.265 e. The maximum atomic E-state index is 12.2. The van der Waals surface area contributed by atoms with Crippen molar-refractivity contribution in [2.45, 2.75) is 26.7 Å². The van der Waals surface area contributed by atoms with Gasteiger partial charge in [0.2, 0.25) is 0 Å². The molecule has 0 unspecified atom stereocenters. The normalized spacial score (nSPS) is 14.9. The van der Waals surface area contributed by atoms with Crippen molar-refractivity contribution in [3.63, 3.8) is 0 Å². The molecule has 164 valence electrons. The van der Waals surface area contributed by atoms with E-state index in [0.29, 0.717) is 40.5 Å². The first-order valence-electron chi connectivity index (χ1n) is 10.3. The molecule has 3 rings (SSSR count). The Hall–Kier alpha value is -2.51. The molecule has 1 heterocycles. The van der Waals surface area contributed by atoms with Crippen molar-refractivity contribution in [1.29, 1.82) is 0 Å². The lowest BCUT2D eigenvalue weighted by Crippen LogP contribution is -2.22. The number of thiocarbonyl (C=S) groups is 1. The fourth-order valence-corrected chi connectivity index (χ4v) is 4.13. The van der Waals surface area contributed by atoms with Crippen LogP contribution in [0.2, 0.25) is 0 Å². The van der Waals surface area contributed by atoms with E-state index >= 15 is 0 Å².